The molecular formula is C20H25FN2O5. The minimum Gasteiger partial charge on any atom is -0.383 e. The zero-order chi connectivity index (χ0) is 20.3. The van der Waals surface area contributed by atoms with E-state index in [0.29, 0.717) is 19.6 Å². The average molecular weight is 392 g/mol. The molecule has 0 unspecified atom stereocenters. The molecule has 0 spiro atoms. The highest BCUT2D eigenvalue weighted by atomic mass is 19.1. The van der Waals surface area contributed by atoms with Gasteiger partial charge in [0.05, 0.1) is 31.2 Å². The molecule has 8 heteroatoms. The second-order valence-electron chi connectivity index (χ2n) is 7.28. The van der Waals surface area contributed by atoms with Crippen molar-refractivity contribution >= 4 is 17.7 Å². The highest BCUT2D eigenvalue weighted by molar-refractivity contribution is 6.10. The number of rotatable bonds is 7. The third-order valence-corrected chi connectivity index (χ3v) is 5.62. The fraction of sp³-hybridized carbons (Fsp3) is 0.550. The summed E-state index contributed by atoms with van der Waals surface area (Å²) in [7, 11) is 3.12. The number of carbonyl (C=O) groups excluding carboxylic acids is 3. The van der Waals surface area contributed by atoms with Crippen LogP contribution in [0.25, 0.3) is 0 Å². The minimum atomic E-state index is -1.54. The summed E-state index contributed by atoms with van der Waals surface area (Å²) in [5.74, 6) is -1.89. The zero-order valence-electron chi connectivity index (χ0n) is 16.2. The molecule has 1 aromatic carbocycles. The van der Waals surface area contributed by atoms with Gasteiger partial charge in [-0.15, -0.1) is 0 Å². The summed E-state index contributed by atoms with van der Waals surface area (Å²) in [6.45, 7) is 1.26. The lowest BCUT2D eigenvalue weighted by molar-refractivity contribution is -0.143. The van der Waals surface area contributed by atoms with Gasteiger partial charge in [-0.25, -0.2) is 4.39 Å². The van der Waals surface area contributed by atoms with Crippen LogP contribution in [0, 0.1) is 5.82 Å². The molecule has 2 atom stereocenters. The highest BCUT2D eigenvalue weighted by Crippen LogP contribution is 2.41. The predicted molar refractivity (Wildman–Crippen MR) is 97.9 cm³/mol. The molecule has 0 bridgehead atoms. The highest BCUT2D eigenvalue weighted by Gasteiger charge is 2.55. The third-order valence-electron chi connectivity index (χ3n) is 5.62. The van der Waals surface area contributed by atoms with E-state index in [0.717, 1.165) is 4.90 Å². The van der Waals surface area contributed by atoms with Crippen LogP contribution in [0.15, 0.2) is 24.3 Å². The summed E-state index contributed by atoms with van der Waals surface area (Å²) >= 11 is 0. The van der Waals surface area contributed by atoms with Crippen molar-refractivity contribution in [2.75, 3.05) is 40.5 Å². The largest absolute Gasteiger partial charge is 0.383 e. The van der Waals surface area contributed by atoms with Gasteiger partial charge >= 0.3 is 0 Å². The van der Waals surface area contributed by atoms with E-state index in [9.17, 15) is 18.8 Å². The summed E-state index contributed by atoms with van der Waals surface area (Å²) in [6, 6.07) is 5.76. The molecule has 28 heavy (non-hydrogen) atoms. The number of benzene rings is 1. The van der Waals surface area contributed by atoms with Crippen LogP contribution >= 0.6 is 0 Å². The van der Waals surface area contributed by atoms with Crippen molar-refractivity contribution in [3.63, 3.8) is 0 Å². The Bertz CT molecular complexity index is 765. The minimum absolute atomic E-state index is 0.0743. The number of hydrogen-bond donors (Lipinski definition) is 0. The van der Waals surface area contributed by atoms with E-state index >= 15 is 0 Å². The van der Waals surface area contributed by atoms with Gasteiger partial charge in [-0.3, -0.25) is 19.3 Å². The molecule has 7 nitrogen and oxygen atoms in total. The van der Waals surface area contributed by atoms with Gasteiger partial charge in [0.25, 0.3) is 0 Å². The molecule has 2 aliphatic rings. The Morgan fingerprint density at radius 1 is 1.39 bits per heavy atom. The van der Waals surface area contributed by atoms with Crippen molar-refractivity contribution in [2.24, 2.45) is 0 Å². The molecule has 3 rings (SSSR count). The number of nitrogens with zero attached hydrogens (tertiary/aromatic N) is 2. The van der Waals surface area contributed by atoms with Crippen LogP contribution in [-0.4, -0.2) is 74.1 Å². The Morgan fingerprint density at radius 2 is 2.14 bits per heavy atom. The molecule has 3 amide bonds. The van der Waals surface area contributed by atoms with E-state index in [2.05, 4.69) is 0 Å². The molecule has 0 saturated carbocycles. The van der Waals surface area contributed by atoms with Crippen LogP contribution in [-0.2, 0) is 29.3 Å². The maximum Gasteiger partial charge on any atom is 0.241 e. The number of likely N-dealkylation sites (tertiary alicyclic amines) is 1. The number of methoxy groups -OCH3 is 1. The molecule has 0 radical (unpaired) electrons. The Balaban J connectivity index is 1.94. The smallest absolute Gasteiger partial charge is 0.241 e. The molecule has 0 aliphatic carbocycles. The topological polar surface area (TPSA) is 76.2 Å². The molecule has 0 N–H and O–H groups in total. The lowest BCUT2D eigenvalue weighted by Gasteiger charge is -2.31. The van der Waals surface area contributed by atoms with E-state index in [-0.39, 0.29) is 43.5 Å². The first kappa shape index (κ1) is 20.4. The van der Waals surface area contributed by atoms with Crippen molar-refractivity contribution < 1.29 is 28.2 Å². The third kappa shape index (κ3) is 3.66. The van der Waals surface area contributed by atoms with Gasteiger partial charge in [0.1, 0.15) is 5.82 Å². The number of ether oxygens (including phenoxy) is 2. The fourth-order valence-corrected chi connectivity index (χ4v) is 3.92. The SMILES string of the molecule is COCCN1C(=O)C[C@](CC(=O)N(C)[C@@H]2CCOC2)(c2ccccc2F)C1=O. The van der Waals surface area contributed by atoms with Gasteiger partial charge in [0.15, 0.2) is 0 Å². The molecule has 0 aromatic heterocycles. The number of amides is 3. The number of carbonyl (C=O) groups is 3. The van der Waals surface area contributed by atoms with Crippen LogP contribution in [0.3, 0.4) is 0 Å². The van der Waals surface area contributed by atoms with E-state index < -0.39 is 23.0 Å². The number of hydrogen-bond acceptors (Lipinski definition) is 5. The zero-order valence-corrected chi connectivity index (χ0v) is 16.2. The first-order chi connectivity index (χ1) is 13.4. The van der Waals surface area contributed by atoms with Crippen LogP contribution in [0.2, 0.25) is 0 Å². The van der Waals surface area contributed by atoms with Gasteiger partial charge in [-0.05, 0) is 12.5 Å². The Labute approximate surface area is 163 Å². The monoisotopic (exact) mass is 392 g/mol. The Kier molecular flexibility index (Phi) is 6.10. The normalized spacial score (nSPS) is 24.8. The molecule has 2 aliphatic heterocycles. The van der Waals surface area contributed by atoms with E-state index in [4.69, 9.17) is 9.47 Å². The number of imide groups is 1. The number of likely N-dealkylation sites (N-methyl/N-ethyl adjacent to an activating group) is 1. The lowest BCUT2D eigenvalue weighted by Crippen LogP contribution is -2.46. The van der Waals surface area contributed by atoms with Crippen molar-refractivity contribution in [1.29, 1.82) is 0 Å². The van der Waals surface area contributed by atoms with Crippen molar-refractivity contribution in [3.8, 4) is 0 Å². The predicted octanol–water partition coefficient (Wildman–Crippen LogP) is 1.11. The van der Waals surface area contributed by atoms with Crippen LogP contribution < -0.4 is 0 Å². The average Bonchev–Trinajstić information content (AvgIpc) is 3.28. The second kappa shape index (κ2) is 8.36. The van der Waals surface area contributed by atoms with Crippen LogP contribution in [0.5, 0.6) is 0 Å². The maximum atomic E-state index is 14.7. The van der Waals surface area contributed by atoms with E-state index in [1.807, 2.05) is 0 Å². The van der Waals surface area contributed by atoms with Crippen molar-refractivity contribution in [3.05, 3.63) is 35.6 Å². The molecule has 2 saturated heterocycles. The second-order valence-corrected chi connectivity index (χ2v) is 7.28. The lowest BCUT2D eigenvalue weighted by atomic mass is 9.75. The van der Waals surface area contributed by atoms with E-state index in [1.54, 1.807) is 18.0 Å². The molecular weight excluding hydrogens is 367 g/mol. The Hall–Kier alpha value is -2.32. The molecule has 152 valence electrons. The summed E-state index contributed by atoms with van der Waals surface area (Å²) in [5.41, 5.74) is -1.46. The first-order valence-electron chi connectivity index (χ1n) is 9.33. The molecule has 2 heterocycles. The summed E-state index contributed by atoms with van der Waals surface area (Å²) in [4.78, 5) is 41.5. The van der Waals surface area contributed by atoms with E-state index in [1.165, 1.54) is 25.3 Å². The quantitative estimate of drug-likeness (QED) is 0.650. The first-order valence-corrected chi connectivity index (χ1v) is 9.33. The summed E-state index contributed by atoms with van der Waals surface area (Å²) in [5, 5.41) is 0. The Morgan fingerprint density at radius 3 is 2.79 bits per heavy atom. The summed E-state index contributed by atoms with van der Waals surface area (Å²) in [6.07, 6.45) is 0.202. The number of halogens is 1. The summed E-state index contributed by atoms with van der Waals surface area (Å²) < 4.78 is 25.0. The standard InChI is InChI=1S/C20H25FN2O5/c1-22(14-7-9-28-13-14)17(24)11-20(15-5-3-4-6-16(15)21)12-18(25)23(19(20)26)8-10-27-2/h3-6,14H,7-13H2,1-2H3/t14-,20-/m1/s1. The van der Waals surface area contributed by atoms with Crippen LogP contribution in [0.1, 0.15) is 24.8 Å². The fourth-order valence-electron chi connectivity index (χ4n) is 3.92. The van der Waals surface area contributed by atoms with Crippen LogP contribution in [0.4, 0.5) is 4.39 Å². The van der Waals surface area contributed by atoms with Gasteiger partial charge in [-0.1, -0.05) is 18.2 Å². The molecule has 1 aromatic rings. The van der Waals surface area contributed by atoms with Gasteiger partial charge in [0.2, 0.25) is 17.7 Å². The molecule has 2 fully saturated rings. The van der Waals surface area contributed by atoms with Gasteiger partial charge in [0, 0.05) is 39.2 Å². The maximum absolute atomic E-state index is 14.7. The van der Waals surface area contributed by atoms with Gasteiger partial charge < -0.3 is 14.4 Å². The van der Waals surface area contributed by atoms with Gasteiger partial charge in [-0.2, -0.15) is 0 Å². The van der Waals surface area contributed by atoms with Crippen molar-refractivity contribution in [1.82, 2.24) is 9.80 Å². The van der Waals surface area contributed by atoms with Crippen molar-refractivity contribution in [2.45, 2.75) is 30.7 Å².